The third-order valence-corrected chi connectivity index (χ3v) is 3.34. The van der Waals surface area contributed by atoms with Crippen LogP contribution >= 0.6 is 0 Å². The van der Waals surface area contributed by atoms with Gasteiger partial charge in [0.05, 0.1) is 12.2 Å². The van der Waals surface area contributed by atoms with Gasteiger partial charge in [-0.15, -0.1) is 0 Å². The summed E-state index contributed by atoms with van der Waals surface area (Å²) in [5.41, 5.74) is 6.52. The Bertz CT molecular complexity index is 350. The topological polar surface area (TPSA) is 92.0 Å². The van der Waals surface area contributed by atoms with Crippen molar-refractivity contribution in [2.24, 2.45) is 11.7 Å². The highest BCUT2D eigenvalue weighted by atomic mass is 16.4. The summed E-state index contributed by atoms with van der Waals surface area (Å²) in [6, 6.07) is 0.251. The van der Waals surface area contributed by atoms with Crippen LogP contribution in [-0.2, 0) is 4.79 Å². The zero-order valence-electron chi connectivity index (χ0n) is 9.10. The van der Waals surface area contributed by atoms with E-state index in [0.29, 0.717) is 18.0 Å². The largest absolute Gasteiger partial charge is 0.481 e. The van der Waals surface area contributed by atoms with Gasteiger partial charge in [0.1, 0.15) is 0 Å². The molecule has 0 amide bonds. The zero-order valence-corrected chi connectivity index (χ0v) is 9.10. The number of nitrogens with one attached hydrogen (secondary N) is 1. The second kappa shape index (κ2) is 4.65. The van der Waals surface area contributed by atoms with Crippen molar-refractivity contribution in [1.82, 2.24) is 9.97 Å². The number of aromatic nitrogens is 2. The third-order valence-electron chi connectivity index (χ3n) is 3.34. The molecule has 1 saturated carbocycles. The molecule has 0 bridgehead atoms. The van der Waals surface area contributed by atoms with Gasteiger partial charge in [0.25, 0.3) is 0 Å². The van der Waals surface area contributed by atoms with Crippen LogP contribution in [0.25, 0.3) is 0 Å². The standard InChI is InChI=1S/C11H17N3O2/c12-8-2-1-7(3-8)4-9(11(15)16)10-5-13-6-14-10/h5-9H,1-4,12H2,(H,13,14)(H,15,16)/t7-,8-,9?/m1/s1. The van der Waals surface area contributed by atoms with Crippen LogP contribution in [0.1, 0.15) is 37.3 Å². The number of rotatable bonds is 4. The molecule has 2 rings (SSSR count). The van der Waals surface area contributed by atoms with Crippen molar-refractivity contribution in [3.05, 3.63) is 18.2 Å². The minimum absolute atomic E-state index is 0.251. The Hall–Kier alpha value is -1.36. The molecule has 1 aromatic heterocycles. The Morgan fingerprint density at radius 2 is 2.50 bits per heavy atom. The first kappa shape index (κ1) is 11.1. The molecule has 0 aromatic carbocycles. The van der Waals surface area contributed by atoms with Crippen molar-refractivity contribution in [2.45, 2.75) is 37.6 Å². The average molecular weight is 223 g/mol. The summed E-state index contributed by atoms with van der Waals surface area (Å²) >= 11 is 0. The van der Waals surface area contributed by atoms with E-state index in [2.05, 4.69) is 9.97 Å². The fourth-order valence-corrected chi connectivity index (χ4v) is 2.48. The monoisotopic (exact) mass is 223 g/mol. The molecule has 0 aliphatic heterocycles. The van der Waals surface area contributed by atoms with Crippen molar-refractivity contribution in [3.8, 4) is 0 Å². The molecule has 1 unspecified atom stereocenters. The van der Waals surface area contributed by atoms with Gasteiger partial charge >= 0.3 is 5.97 Å². The lowest BCUT2D eigenvalue weighted by Crippen LogP contribution is -2.18. The molecule has 0 spiro atoms. The first-order chi connectivity index (χ1) is 7.66. The molecule has 0 radical (unpaired) electrons. The molecular formula is C11H17N3O2. The lowest BCUT2D eigenvalue weighted by Gasteiger charge is -2.15. The van der Waals surface area contributed by atoms with Crippen LogP contribution in [0.2, 0.25) is 0 Å². The summed E-state index contributed by atoms with van der Waals surface area (Å²) in [5.74, 6) is -0.832. The van der Waals surface area contributed by atoms with Crippen LogP contribution in [0.4, 0.5) is 0 Å². The van der Waals surface area contributed by atoms with Gasteiger partial charge in [0.2, 0.25) is 0 Å². The van der Waals surface area contributed by atoms with Crippen LogP contribution in [0.3, 0.4) is 0 Å². The predicted octanol–water partition coefficient (Wildman–Crippen LogP) is 1.10. The van der Waals surface area contributed by atoms with Crippen LogP contribution in [0.5, 0.6) is 0 Å². The molecule has 3 atom stereocenters. The van der Waals surface area contributed by atoms with E-state index < -0.39 is 11.9 Å². The van der Waals surface area contributed by atoms with E-state index in [0.717, 1.165) is 19.3 Å². The molecule has 1 aromatic rings. The Labute approximate surface area is 94.1 Å². The van der Waals surface area contributed by atoms with Crippen LogP contribution < -0.4 is 5.73 Å². The van der Waals surface area contributed by atoms with Gasteiger partial charge in [0.15, 0.2) is 0 Å². The van der Waals surface area contributed by atoms with Gasteiger partial charge in [-0.25, -0.2) is 4.98 Å². The van der Waals surface area contributed by atoms with Crippen LogP contribution in [0.15, 0.2) is 12.5 Å². The van der Waals surface area contributed by atoms with E-state index >= 15 is 0 Å². The van der Waals surface area contributed by atoms with Crippen LogP contribution in [0, 0.1) is 5.92 Å². The van der Waals surface area contributed by atoms with Crippen molar-refractivity contribution >= 4 is 5.97 Å². The van der Waals surface area contributed by atoms with E-state index in [-0.39, 0.29) is 6.04 Å². The number of nitrogens with zero attached hydrogens (tertiary/aromatic N) is 1. The summed E-state index contributed by atoms with van der Waals surface area (Å²) in [7, 11) is 0. The summed E-state index contributed by atoms with van der Waals surface area (Å²) < 4.78 is 0. The zero-order chi connectivity index (χ0) is 11.5. The minimum atomic E-state index is -0.787. The van der Waals surface area contributed by atoms with E-state index in [1.807, 2.05) is 0 Å². The number of nitrogens with two attached hydrogens (primary N) is 1. The van der Waals surface area contributed by atoms with E-state index in [1.165, 1.54) is 6.33 Å². The molecule has 0 saturated heterocycles. The molecular weight excluding hydrogens is 206 g/mol. The maximum Gasteiger partial charge on any atom is 0.312 e. The second-order valence-electron chi connectivity index (χ2n) is 4.57. The van der Waals surface area contributed by atoms with Gasteiger partial charge in [-0.05, 0) is 31.6 Å². The molecule has 5 nitrogen and oxygen atoms in total. The number of hydrogen-bond acceptors (Lipinski definition) is 3. The first-order valence-electron chi connectivity index (χ1n) is 5.63. The molecule has 16 heavy (non-hydrogen) atoms. The van der Waals surface area contributed by atoms with Crippen molar-refractivity contribution < 1.29 is 9.90 Å². The fourth-order valence-electron chi connectivity index (χ4n) is 2.48. The van der Waals surface area contributed by atoms with Gasteiger partial charge in [-0.2, -0.15) is 0 Å². The number of carboxylic acid groups (broad SMARTS) is 1. The molecule has 1 aliphatic rings. The van der Waals surface area contributed by atoms with Crippen molar-refractivity contribution in [2.75, 3.05) is 0 Å². The number of H-pyrrole nitrogens is 1. The number of imidazole rings is 1. The Morgan fingerprint density at radius 1 is 1.69 bits per heavy atom. The highest BCUT2D eigenvalue weighted by molar-refractivity contribution is 5.75. The van der Waals surface area contributed by atoms with E-state index in [9.17, 15) is 9.90 Å². The lowest BCUT2D eigenvalue weighted by atomic mass is 9.91. The van der Waals surface area contributed by atoms with Gasteiger partial charge < -0.3 is 15.8 Å². The van der Waals surface area contributed by atoms with Crippen molar-refractivity contribution in [1.29, 1.82) is 0 Å². The Morgan fingerprint density at radius 3 is 3.00 bits per heavy atom. The first-order valence-corrected chi connectivity index (χ1v) is 5.63. The predicted molar refractivity (Wildman–Crippen MR) is 58.9 cm³/mol. The number of aliphatic carboxylic acids is 1. The Kier molecular flexibility index (Phi) is 3.24. The number of carboxylic acids is 1. The van der Waals surface area contributed by atoms with E-state index in [4.69, 9.17) is 5.73 Å². The van der Waals surface area contributed by atoms with Gasteiger partial charge in [-0.3, -0.25) is 4.79 Å². The summed E-state index contributed by atoms with van der Waals surface area (Å²) in [5, 5.41) is 9.19. The average Bonchev–Trinajstić information content (AvgIpc) is 2.84. The normalized spacial score (nSPS) is 26.8. The smallest absolute Gasteiger partial charge is 0.312 e. The molecule has 1 fully saturated rings. The fraction of sp³-hybridized carbons (Fsp3) is 0.636. The number of aromatic amines is 1. The third kappa shape index (κ3) is 2.41. The molecule has 4 N–H and O–H groups in total. The Balaban J connectivity index is 2.01. The maximum atomic E-state index is 11.2. The molecule has 5 heteroatoms. The maximum absolute atomic E-state index is 11.2. The number of carbonyl (C=O) groups is 1. The van der Waals surface area contributed by atoms with Gasteiger partial charge in [0, 0.05) is 17.9 Å². The minimum Gasteiger partial charge on any atom is -0.481 e. The summed E-state index contributed by atoms with van der Waals surface area (Å²) in [4.78, 5) is 17.9. The highest BCUT2D eigenvalue weighted by Crippen LogP contribution is 2.33. The molecule has 1 aliphatic carbocycles. The van der Waals surface area contributed by atoms with Crippen molar-refractivity contribution in [3.63, 3.8) is 0 Å². The summed E-state index contributed by atoms with van der Waals surface area (Å²) in [6.45, 7) is 0. The SMILES string of the molecule is N[C@@H]1CC[C@@H](CC(C(=O)O)c2cnc[nH]2)C1. The highest BCUT2D eigenvalue weighted by Gasteiger charge is 2.29. The quantitative estimate of drug-likeness (QED) is 0.712. The molecule has 88 valence electrons. The van der Waals surface area contributed by atoms with E-state index in [1.54, 1.807) is 6.20 Å². The lowest BCUT2D eigenvalue weighted by molar-refractivity contribution is -0.139. The van der Waals surface area contributed by atoms with Crippen LogP contribution in [-0.4, -0.2) is 27.1 Å². The summed E-state index contributed by atoms with van der Waals surface area (Å²) in [6.07, 6.45) is 6.77. The van der Waals surface area contributed by atoms with Gasteiger partial charge in [-0.1, -0.05) is 0 Å². The number of hydrogen-bond donors (Lipinski definition) is 3. The second-order valence-corrected chi connectivity index (χ2v) is 4.57. The molecule has 1 heterocycles.